The van der Waals surface area contributed by atoms with Crippen molar-refractivity contribution in [2.45, 2.75) is 64.2 Å². The summed E-state index contributed by atoms with van der Waals surface area (Å²) in [6.45, 7) is 2.18. The van der Waals surface area contributed by atoms with Crippen LogP contribution in [0.3, 0.4) is 0 Å². The number of Topliss-reactive ketones (excluding diaryl/α,β-unsaturated/α-hetero) is 1. The minimum absolute atomic E-state index is 0.113. The Balaban J connectivity index is 1.50. The van der Waals surface area contributed by atoms with Crippen LogP contribution in [0.25, 0.3) is 0 Å². The summed E-state index contributed by atoms with van der Waals surface area (Å²) in [6, 6.07) is 5.84. The van der Waals surface area contributed by atoms with Crippen molar-refractivity contribution in [1.29, 1.82) is 0 Å². The van der Waals surface area contributed by atoms with E-state index in [4.69, 9.17) is 9.84 Å². The second kappa shape index (κ2) is 6.77. The van der Waals surface area contributed by atoms with Gasteiger partial charge in [-0.05, 0) is 73.1 Å². The highest BCUT2D eigenvalue weighted by Gasteiger charge is 2.54. The fourth-order valence-electron chi connectivity index (χ4n) is 5.78. The second-order valence-corrected chi connectivity index (χ2v) is 8.56. The SMILES string of the molecule is C[C@]12CC[C@@H]3c4ccc(OC(=O)CCC(=O)O)cc4CC[C@H]3[C@H]1CCC2=O. The Morgan fingerprint density at radius 2 is 2.00 bits per heavy atom. The predicted octanol–water partition coefficient (Wildman–Crippen LogP) is 3.88. The van der Waals surface area contributed by atoms with E-state index < -0.39 is 11.9 Å². The number of aryl methyl sites for hydroxylation is 1. The van der Waals surface area contributed by atoms with Crippen LogP contribution in [-0.2, 0) is 20.8 Å². The summed E-state index contributed by atoms with van der Waals surface area (Å²) in [5, 5.41) is 8.67. The number of esters is 1. The molecule has 0 aliphatic heterocycles. The molecule has 1 N–H and O–H groups in total. The summed E-state index contributed by atoms with van der Waals surface area (Å²) in [4.78, 5) is 34.8. The van der Waals surface area contributed by atoms with E-state index in [1.54, 1.807) is 0 Å². The highest BCUT2D eigenvalue weighted by molar-refractivity contribution is 5.87. The molecule has 5 heteroatoms. The zero-order valence-electron chi connectivity index (χ0n) is 15.7. The quantitative estimate of drug-likeness (QED) is 0.642. The van der Waals surface area contributed by atoms with Crippen LogP contribution < -0.4 is 4.74 Å². The molecule has 3 aliphatic carbocycles. The van der Waals surface area contributed by atoms with Crippen molar-refractivity contribution < 1.29 is 24.2 Å². The monoisotopic (exact) mass is 370 g/mol. The molecule has 4 atom stereocenters. The van der Waals surface area contributed by atoms with Gasteiger partial charge in [0.05, 0.1) is 12.8 Å². The average molecular weight is 370 g/mol. The number of hydrogen-bond acceptors (Lipinski definition) is 4. The zero-order chi connectivity index (χ0) is 19.2. The number of carbonyl (C=O) groups is 3. The lowest BCUT2D eigenvalue weighted by molar-refractivity contribution is -0.142. The van der Waals surface area contributed by atoms with E-state index in [-0.39, 0.29) is 18.3 Å². The van der Waals surface area contributed by atoms with Crippen LogP contribution in [-0.4, -0.2) is 22.8 Å². The lowest BCUT2D eigenvalue weighted by Gasteiger charge is -2.48. The molecule has 27 heavy (non-hydrogen) atoms. The van der Waals surface area contributed by atoms with Crippen LogP contribution in [0.4, 0.5) is 0 Å². The Kier molecular flexibility index (Phi) is 4.57. The number of benzene rings is 1. The molecule has 3 aliphatic rings. The van der Waals surface area contributed by atoms with Crippen molar-refractivity contribution in [2.75, 3.05) is 0 Å². The molecule has 0 unspecified atom stereocenters. The van der Waals surface area contributed by atoms with Gasteiger partial charge in [0.2, 0.25) is 0 Å². The number of carboxylic acid groups (broad SMARTS) is 1. The number of ether oxygens (including phenoxy) is 1. The Labute approximate surface area is 159 Å². The van der Waals surface area contributed by atoms with Gasteiger partial charge >= 0.3 is 11.9 Å². The van der Waals surface area contributed by atoms with E-state index in [1.165, 1.54) is 11.1 Å². The third kappa shape index (κ3) is 3.17. The summed E-state index contributed by atoms with van der Waals surface area (Å²) in [5.41, 5.74) is 2.46. The van der Waals surface area contributed by atoms with Gasteiger partial charge in [0.15, 0.2) is 0 Å². The maximum atomic E-state index is 12.4. The van der Waals surface area contributed by atoms with Gasteiger partial charge < -0.3 is 9.84 Å². The van der Waals surface area contributed by atoms with Crippen molar-refractivity contribution >= 4 is 17.7 Å². The Morgan fingerprint density at radius 3 is 2.78 bits per heavy atom. The fraction of sp³-hybridized carbons (Fsp3) is 0.591. The van der Waals surface area contributed by atoms with Gasteiger partial charge in [-0.25, -0.2) is 0 Å². The molecule has 1 aromatic rings. The van der Waals surface area contributed by atoms with Crippen molar-refractivity contribution in [2.24, 2.45) is 17.3 Å². The molecule has 5 nitrogen and oxygen atoms in total. The van der Waals surface area contributed by atoms with Gasteiger partial charge in [-0.15, -0.1) is 0 Å². The standard InChI is InChI=1S/C22H26O5/c1-22-11-10-16-15-5-3-14(27-21(26)9-8-20(24)25)12-13(15)2-4-17(16)18(22)6-7-19(22)23/h3,5,12,16-18H,2,4,6-11H2,1H3,(H,24,25)/t16-,17-,18-,22+/m1/s1. The van der Waals surface area contributed by atoms with Crippen LogP contribution in [0, 0.1) is 17.3 Å². The molecular formula is C22H26O5. The lowest BCUT2D eigenvalue weighted by atomic mass is 9.55. The summed E-state index contributed by atoms with van der Waals surface area (Å²) in [6.07, 6.45) is 5.49. The van der Waals surface area contributed by atoms with Gasteiger partial charge in [0.1, 0.15) is 11.5 Å². The summed E-state index contributed by atoms with van der Waals surface area (Å²) in [5.74, 6) is 1.02. The van der Waals surface area contributed by atoms with Gasteiger partial charge in [-0.2, -0.15) is 0 Å². The summed E-state index contributed by atoms with van der Waals surface area (Å²) in [7, 11) is 0. The summed E-state index contributed by atoms with van der Waals surface area (Å²) < 4.78 is 5.32. The molecule has 0 bridgehead atoms. The minimum Gasteiger partial charge on any atom is -0.481 e. The van der Waals surface area contributed by atoms with Crippen molar-refractivity contribution in [3.63, 3.8) is 0 Å². The zero-order valence-corrected chi connectivity index (χ0v) is 15.7. The molecule has 1 aromatic carbocycles. The lowest BCUT2D eigenvalue weighted by Crippen LogP contribution is -2.42. The minimum atomic E-state index is -1.00. The van der Waals surface area contributed by atoms with Crippen LogP contribution in [0.5, 0.6) is 5.75 Å². The maximum Gasteiger partial charge on any atom is 0.311 e. The van der Waals surface area contributed by atoms with E-state index in [9.17, 15) is 14.4 Å². The number of carboxylic acids is 1. The highest BCUT2D eigenvalue weighted by atomic mass is 16.5. The first-order valence-corrected chi connectivity index (χ1v) is 9.97. The number of carbonyl (C=O) groups excluding carboxylic acids is 2. The molecule has 4 rings (SSSR count). The molecule has 0 heterocycles. The fourth-order valence-corrected chi connectivity index (χ4v) is 5.78. The van der Waals surface area contributed by atoms with E-state index in [0.717, 1.165) is 38.5 Å². The van der Waals surface area contributed by atoms with Gasteiger partial charge in [0.25, 0.3) is 0 Å². The number of fused-ring (bicyclic) bond motifs is 5. The highest BCUT2D eigenvalue weighted by Crippen LogP contribution is 2.59. The van der Waals surface area contributed by atoms with E-state index >= 15 is 0 Å². The van der Waals surface area contributed by atoms with E-state index in [1.807, 2.05) is 12.1 Å². The third-order valence-electron chi connectivity index (χ3n) is 7.18. The molecule has 0 radical (unpaired) electrons. The van der Waals surface area contributed by atoms with E-state index in [0.29, 0.717) is 29.3 Å². The van der Waals surface area contributed by atoms with Crippen molar-refractivity contribution in [3.8, 4) is 5.75 Å². The first-order chi connectivity index (χ1) is 12.9. The van der Waals surface area contributed by atoms with Crippen molar-refractivity contribution in [1.82, 2.24) is 0 Å². The first kappa shape index (κ1) is 18.2. The molecule has 0 amide bonds. The van der Waals surface area contributed by atoms with Gasteiger partial charge in [-0.3, -0.25) is 14.4 Å². The Morgan fingerprint density at radius 1 is 1.19 bits per heavy atom. The number of rotatable bonds is 4. The average Bonchev–Trinajstić information content (AvgIpc) is 2.94. The third-order valence-corrected chi connectivity index (χ3v) is 7.18. The largest absolute Gasteiger partial charge is 0.481 e. The number of ketones is 1. The Hall–Kier alpha value is -2.17. The predicted molar refractivity (Wildman–Crippen MR) is 98.6 cm³/mol. The molecule has 2 fully saturated rings. The molecule has 2 saturated carbocycles. The summed E-state index contributed by atoms with van der Waals surface area (Å²) >= 11 is 0. The number of hydrogen-bond donors (Lipinski definition) is 1. The van der Waals surface area contributed by atoms with Gasteiger partial charge in [0, 0.05) is 11.8 Å². The smallest absolute Gasteiger partial charge is 0.311 e. The van der Waals surface area contributed by atoms with Crippen LogP contribution in [0.2, 0.25) is 0 Å². The molecule has 0 saturated heterocycles. The normalized spacial score (nSPS) is 31.6. The molecule has 0 spiro atoms. The molecule has 0 aromatic heterocycles. The second-order valence-electron chi connectivity index (χ2n) is 8.56. The first-order valence-electron chi connectivity index (χ1n) is 9.97. The van der Waals surface area contributed by atoms with Crippen molar-refractivity contribution in [3.05, 3.63) is 29.3 Å². The topological polar surface area (TPSA) is 80.7 Å². The van der Waals surface area contributed by atoms with Crippen LogP contribution in [0.15, 0.2) is 18.2 Å². The molecule has 144 valence electrons. The van der Waals surface area contributed by atoms with Gasteiger partial charge in [-0.1, -0.05) is 13.0 Å². The van der Waals surface area contributed by atoms with E-state index in [2.05, 4.69) is 13.0 Å². The van der Waals surface area contributed by atoms with Crippen LogP contribution in [0.1, 0.15) is 68.9 Å². The van der Waals surface area contributed by atoms with Crippen LogP contribution >= 0.6 is 0 Å². The maximum absolute atomic E-state index is 12.4. The molecular weight excluding hydrogens is 344 g/mol. The number of aliphatic carboxylic acids is 1. The Bertz CT molecular complexity index is 798.